The number of carboxylic acids is 1. The van der Waals surface area contributed by atoms with Gasteiger partial charge < -0.3 is 25.2 Å². The summed E-state index contributed by atoms with van der Waals surface area (Å²) in [7, 11) is 0. The first-order valence-electron chi connectivity index (χ1n) is 17.2. The predicted octanol–water partition coefficient (Wildman–Crippen LogP) is 9.61. The quantitative estimate of drug-likeness (QED) is 0.126. The maximum absolute atomic E-state index is 12.2. The van der Waals surface area contributed by atoms with Crippen LogP contribution in [0.2, 0.25) is 0 Å². The fraction of sp³-hybridized carbons (Fsp3) is 0.182. The number of nitrogens with zero attached hydrogens (tertiary/aromatic N) is 2. The normalized spacial score (nSPS) is 12.0. The van der Waals surface area contributed by atoms with Gasteiger partial charge in [-0.15, -0.1) is 0 Å². The number of carboxylic acid groups (broad SMARTS) is 1. The highest BCUT2D eigenvalue weighted by Crippen LogP contribution is 2.30. The number of aryl methyl sites for hydroxylation is 4. The van der Waals surface area contributed by atoms with Crippen LogP contribution in [-0.2, 0) is 9.59 Å². The highest BCUT2D eigenvalue weighted by atomic mass is 16.5. The molecule has 0 fully saturated rings. The van der Waals surface area contributed by atoms with Crippen molar-refractivity contribution < 1.29 is 23.7 Å². The van der Waals surface area contributed by atoms with E-state index in [4.69, 9.17) is 19.9 Å². The van der Waals surface area contributed by atoms with Gasteiger partial charge in [0.05, 0.1) is 17.4 Å². The maximum atomic E-state index is 12.2. The molecule has 2 atom stereocenters. The lowest BCUT2D eigenvalue weighted by Crippen LogP contribution is -2.24. The van der Waals surface area contributed by atoms with E-state index in [0.717, 1.165) is 73.5 Å². The second-order valence-electron chi connectivity index (χ2n) is 12.5. The van der Waals surface area contributed by atoms with Gasteiger partial charge in [-0.05, 0) is 99.2 Å². The first kappa shape index (κ1) is 39.5. The van der Waals surface area contributed by atoms with Crippen LogP contribution >= 0.6 is 0 Å². The van der Waals surface area contributed by atoms with Crippen LogP contribution in [0.3, 0.4) is 0 Å². The lowest BCUT2D eigenvalue weighted by Gasteiger charge is -2.14. The lowest BCUT2D eigenvalue weighted by molar-refractivity contribution is -0.131. The Kier molecular flexibility index (Phi) is 14.4. The zero-order valence-corrected chi connectivity index (χ0v) is 30.9. The molecule has 0 saturated heterocycles. The smallest absolute Gasteiger partial charge is 0.328 e. The number of nitrogens with two attached hydrogens (primary N) is 1. The number of amides is 1. The maximum Gasteiger partial charge on any atom is 0.328 e. The van der Waals surface area contributed by atoms with Gasteiger partial charge in [-0.2, -0.15) is 0 Å². The van der Waals surface area contributed by atoms with Gasteiger partial charge in [0.1, 0.15) is 11.5 Å². The zero-order chi connectivity index (χ0) is 38.3. The summed E-state index contributed by atoms with van der Waals surface area (Å²) in [5, 5.41) is 19.3. The topological polar surface area (TPSA) is 144 Å². The molecular formula is C44H46N4O5. The number of nitrogens with one attached hydrogen (secondary N) is 1. The van der Waals surface area contributed by atoms with Crippen molar-refractivity contribution in [2.75, 3.05) is 0 Å². The molecule has 0 aliphatic rings. The molecule has 0 saturated carbocycles. The molecule has 4 N–H and O–H groups in total. The predicted molar refractivity (Wildman–Crippen MR) is 211 cm³/mol. The van der Waals surface area contributed by atoms with Crippen LogP contribution in [-0.4, -0.2) is 27.3 Å². The summed E-state index contributed by atoms with van der Waals surface area (Å²) in [6, 6.07) is 35.3. The van der Waals surface area contributed by atoms with Gasteiger partial charge >= 0.3 is 5.97 Å². The summed E-state index contributed by atoms with van der Waals surface area (Å²) in [5.41, 5.74) is 15.9. The van der Waals surface area contributed by atoms with Crippen molar-refractivity contribution in [3.63, 3.8) is 0 Å². The summed E-state index contributed by atoms with van der Waals surface area (Å²) in [6.07, 6.45) is 6.05. The summed E-state index contributed by atoms with van der Waals surface area (Å²) < 4.78 is 10.4. The van der Waals surface area contributed by atoms with Crippen molar-refractivity contribution in [3.05, 3.63) is 167 Å². The molecule has 53 heavy (non-hydrogen) atoms. The number of hydrogen-bond acceptors (Lipinski definition) is 7. The Morgan fingerprint density at radius 2 is 1.11 bits per heavy atom. The average molecular weight is 711 g/mol. The van der Waals surface area contributed by atoms with E-state index in [1.165, 1.54) is 0 Å². The molecule has 4 aromatic carbocycles. The Morgan fingerprint density at radius 1 is 0.660 bits per heavy atom. The van der Waals surface area contributed by atoms with E-state index in [1.54, 1.807) is 12.2 Å². The third kappa shape index (κ3) is 11.9. The van der Waals surface area contributed by atoms with Gasteiger partial charge in [0.2, 0.25) is 5.91 Å². The molecule has 0 spiro atoms. The largest absolute Gasteiger partial charge is 0.478 e. The third-order valence-corrected chi connectivity index (χ3v) is 8.25. The molecule has 0 unspecified atom stereocenters. The van der Waals surface area contributed by atoms with Crippen molar-refractivity contribution in [2.24, 2.45) is 5.73 Å². The van der Waals surface area contributed by atoms with E-state index >= 15 is 0 Å². The fourth-order valence-corrected chi connectivity index (χ4v) is 5.54. The number of hydrogen-bond donors (Lipinski definition) is 3. The molecule has 0 bridgehead atoms. The molecule has 6 rings (SSSR count). The number of benzene rings is 4. The Hall–Kier alpha value is -6.32. The van der Waals surface area contributed by atoms with Crippen LogP contribution in [0.25, 0.3) is 34.4 Å². The first-order valence-corrected chi connectivity index (χ1v) is 17.2. The summed E-state index contributed by atoms with van der Waals surface area (Å²) in [5.74, 6) is 0.597. The Bertz CT molecular complexity index is 2110. The zero-order valence-electron chi connectivity index (χ0n) is 30.9. The number of carbonyl (C=O) groups excluding carboxylic acids is 1. The van der Waals surface area contributed by atoms with Crippen LogP contribution in [0.1, 0.15) is 71.1 Å². The van der Waals surface area contributed by atoms with Crippen molar-refractivity contribution in [1.29, 1.82) is 0 Å². The average Bonchev–Trinajstić information content (AvgIpc) is 3.69. The van der Waals surface area contributed by atoms with Crippen LogP contribution < -0.4 is 11.1 Å². The molecule has 0 aliphatic carbocycles. The summed E-state index contributed by atoms with van der Waals surface area (Å²) >= 11 is 0. The minimum atomic E-state index is -0.922. The van der Waals surface area contributed by atoms with Gasteiger partial charge in [-0.25, -0.2) is 4.79 Å². The molecular weight excluding hydrogens is 665 g/mol. The highest BCUT2D eigenvalue weighted by molar-refractivity contribution is 5.92. The summed E-state index contributed by atoms with van der Waals surface area (Å²) in [4.78, 5) is 22.3. The standard InChI is InChI=1S/C22H22N2O2.C13H16N2O.C9H8O2/c1-15(23-21(25)13-12-18-8-5-4-6-9-18)19-10-7-11-20(14-19)22-16(2)24-26-17(22)3;1-8(14)11-5-4-6-12(7-11)13-9(2)15-16-10(13)3;10-9(11)7-6-8-4-2-1-3-5-8/h4-15H,1-3H3,(H,23,25);4-8H,14H2,1-3H3;1-7H,(H,10,11)/b13-12+;;7-6+/t15-;8-;/m00./s1. The van der Waals surface area contributed by atoms with Crippen molar-refractivity contribution >= 4 is 24.0 Å². The Morgan fingerprint density at radius 3 is 1.55 bits per heavy atom. The highest BCUT2D eigenvalue weighted by Gasteiger charge is 2.15. The van der Waals surface area contributed by atoms with E-state index in [2.05, 4.69) is 33.8 Å². The third-order valence-electron chi connectivity index (χ3n) is 8.25. The van der Waals surface area contributed by atoms with E-state index in [1.807, 2.05) is 139 Å². The van der Waals surface area contributed by atoms with E-state index in [-0.39, 0.29) is 18.0 Å². The van der Waals surface area contributed by atoms with Crippen molar-refractivity contribution in [3.8, 4) is 22.3 Å². The van der Waals surface area contributed by atoms with Gasteiger partial charge in [0.15, 0.2) is 0 Å². The van der Waals surface area contributed by atoms with Gasteiger partial charge in [0, 0.05) is 29.3 Å². The second kappa shape index (κ2) is 19.3. The van der Waals surface area contributed by atoms with Crippen LogP contribution in [0.15, 0.2) is 130 Å². The van der Waals surface area contributed by atoms with E-state index < -0.39 is 5.97 Å². The monoisotopic (exact) mass is 710 g/mol. The number of aliphatic carboxylic acids is 1. The molecule has 9 nitrogen and oxygen atoms in total. The molecule has 0 aliphatic heterocycles. The van der Waals surface area contributed by atoms with Crippen LogP contribution in [0.5, 0.6) is 0 Å². The Balaban J connectivity index is 0.000000197. The van der Waals surface area contributed by atoms with Crippen molar-refractivity contribution in [1.82, 2.24) is 15.6 Å². The summed E-state index contributed by atoms with van der Waals surface area (Å²) in [6.45, 7) is 11.7. The molecule has 2 heterocycles. The number of carbonyl (C=O) groups is 2. The van der Waals surface area contributed by atoms with Gasteiger partial charge in [-0.1, -0.05) is 107 Å². The van der Waals surface area contributed by atoms with E-state index in [9.17, 15) is 9.59 Å². The molecule has 0 radical (unpaired) electrons. The number of aromatic nitrogens is 2. The Labute approximate surface area is 310 Å². The fourth-order valence-electron chi connectivity index (χ4n) is 5.54. The molecule has 2 aromatic heterocycles. The second-order valence-corrected chi connectivity index (χ2v) is 12.5. The van der Waals surface area contributed by atoms with Crippen LogP contribution in [0.4, 0.5) is 0 Å². The van der Waals surface area contributed by atoms with E-state index in [0.29, 0.717) is 0 Å². The molecule has 6 aromatic rings. The van der Waals surface area contributed by atoms with Crippen LogP contribution in [0, 0.1) is 27.7 Å². The molecule has 1 amide bonds. The SMILES string of the molecule is Cc1noc(C)c1-c1cccc([C@H](C)N)c1.Cc1noc(C)c1-c1cccc([C@H](C)NC(=O)/C=C/c2ccccc2)c1.O=C(O)/C=C/c1ccccc1. The number of rotatable bonds is 9. The minimum Gasteiger partial charge on any atom is -0.478 e. The molecule has 272 valence electrons. The minimum absolute atomic E-state index is 0.0421. The molecule has 9 heteroatoms. The van der Waals surface area contributed by atoms with Crippen molar-refractivity contribution in [2.45, 2.75) is 53.6 Å². The van der Waals surface area contributed by atoms with Gasteiger partial charge in [-0.3, -0.25) is 4.79 Å². The first-order chi connectivity index (χ1) is 25.4. The van der Waals surface area contributed by atoms with Gasteiger partial charge in [0.25, 0.3) is 0 Å². The lowest BCUT2D eigenvalue weighted by atomic mass is 9.99.